The molecule has 0 atom stereocenters. The van der Waals surface area contributed by atoms with E-state index < -0.39 is 11.7 Å². The van der Waals surface area contributed by atoms with Crippen LogP contribution in [0.25, 0.3) is 11.0 Å². The summed E-state index contributed by atoms with van der Waals surface area (Å²) in [6.45, 7) is 0.771. The second kappa shape index (κ2) is 6.08. The first kappa shape index (κ1) is 16.2. The van der Waals surface area contributed by atoms with Crippen LogP contribution in [0, 0.1) is 0 Å². The zero-order valence-electron chi connectivity index (χ0n) is 12.5. The van der Waals surface area contributed by atoms with E-state index in [4.69, 9.17) is 5.73 Å². The van der Waals surface area contributed by atoms with Crippen molar-refractivity contribution in [2.75, 3.05) is 6.54 Å². The Bertz CT molecular complexity index is 929. The lowest BCUT2D eigenvalue weighted by molar-refractivity contribution is -0.137. The maximum atomic E-state index is 12.8. The van der Waals surface area contributed by atoms with Crippen LogP contribution in [-0.2, 0) is 19.3 Å². The highest BCUT2D eigenvalue weighted by Gasteiger charge is 2.30. The van der Waals surface area contributed by atoms with Crippen molar-refractivity contribution in [3.63, 3.8) is 0 Å². The van der Waals surface area contributed by atoms with Gasteiger partial charge in [-0.1, -0.05) is 12.1 Å². The zero-order valence-corrected chi connectivity index (χ0v) is 12.5. The largest absolute Gasteiger partial charge is 0.416 e. The molecule has 0 radical (unpaired) electrons. The molecule has 0 spiro atoms. The molecule has 24 heavy (non-hydrogen) atoms. The second-order valence-corrected chi connectivity index (χ2v) is 5.27. The molecule has 0 unspecified atom stereocenters. The molecule has 2 heterocycles. The number of alkyl halides is 3. The molecule has 0 bridgehead atoms. The fraction of sp³-hybridized carbons (Fsp3) is 0.267. The van der Waals surface area contributed by atoms with Crippen molar-refractivity contribution in [2.45, 2.75) is 19.3 Å². The van der Waals surface area contributed by atoms with Gasteiger partial charge in [-0.3, -0.25) is 9.36 Å². The van der Waals surface area contributed by atoms with Crippen molar-refractivity contribution in [2.24, 2.45) is 5.73 Å². The Morgan fingerprint density at radius 3 is 2.75 bits per heavy atom. The fourth-order valence-corrected chi connectivity index (χ4v) is 2.44. The van der Waals surface area contributed by atoms with E-state index in [0.717, 1.165) is 12.1 Å². The van der Waals surface area contributed by atoms with Gasteiger partial charge < -0.3 is 5.73 Å². The van der Waals surface area contributed by atoms with Gasteiger partial charge in [0.05, 0.1) is 24.8 Å². The summed E-state index contributed by atoms with van der Waals surface area (Å²) >= 11 is 0. The third kappa shape index (κ3) is 3.02. The van der Waals surface area contributed by atoms with Crippen LogP contribution in [-0.4, -0.2) is 25.9 Å². The summed E-state index contributed by atoms with van der Waals surface area (Å²) in [5.74, 6) is 0. The summed E-state index contributed by atoms with van der Waals surface area (Å²) in [5, 5.41) is 4.36. The smallest absolute Gasteiger partial charge is 0.329 e. The minimum Gasteiger partial charge on any atom is -0.329 e. The number of hydrogen-bond donors (Lipinski definition) is 1. The monoisotopic (exact) mass is 337 g/mol. The van der Waals surface area contributed by atoms with E-state index in [0.29, 0.717) is 29.7 Å². The summed E-state index contributed by atoms with van der Waals surface area (Å²) in [6.07, 6.45) is -1.73. The molecule has 0 saturated carbocycles. The van der Waals surface area contributed by atoms with Gasteiger partial charge in [0.15, 0.2) is 5.65 Å². The van der Waals surface area contributed by atoms with Crippen molar-refractivity contribution in [3.8, 4) is 0 Å². The Morgan fingerprint density at radius 2 is 2.04 bits per heavy atom. The number of fused-ring (bicyclic) bond motifs is 1. The molecule has 2 N–H and O–H groups in total. The quantitative estimate of drug-likeness (QED) is 0.785. The van der Waals surface area contributed by atoms with Gasteiger partial charge in [0.25, 0.3) is 5.56 Å². The average molecular weight is 337 g/mol. The highest BCUT2D eigenvalue weighted by molar-refractivity contribution is 5.72. The molecule has 0 amide bonds. The highest BCUT2D eigenvalue weighted by atomic mass is 19.4. The molecule has 2 aromatic heterocycles. The Balaban J connectivity index is 1.96. The maximum absolute atomic E-state index is 12.8. The van der Waals surface area contributed by atoms with Crippen LogP contribution >= 0.6 is 0 Å². The van der Waals surface area contributed by atoms with E-state index in [1.54, 1.807) is 0 Å². The van der Waals surface area contributed by atoms with Gasteiger partial charge in [0.2, 0.25) is 0 Å². The van der Waals surface area contributed by atoms with Gasteiger partial charge in [-0.25, -0.2) is 9.67 Å². The molecule has 0 saturated heterocycles. The van der Waals surface area contributed by atoms with E-state index in [9.17, 15) is 18.0 Å². The molecule has 0 aliphatic rings. The minimum absolute atomic E-state index is 0.00619. The van der Waals surface area contributed by atoms with Gasteiger partial charge in [-0.05, 0) is 17.7 Å². The zero-order chi connectivity index (χ0) is 17.3. The molecule has 0 aliphatic heterocycles. The van der Waals surface area contributed by atoms with Crippen LogP contribution in [0.15, 0.2) is 41.6 Å². The highest BCUT2D eigenvalue weighted by Crippen LogP contribution is 2.29. The molecule has 0 aliphatic carbocycles. The van der Waals surface area contributed by atoms with Crippen molar-refractivity contribution in [1.82, 2.24) is 19.3 Å². The fourth-order valence-electron chi connectivity index (χ4n) is 2.44. The van der Waals surface area contributed by atoms with Gasteiger partial charge >= 0.3 is 6.18 Å². The van der Waals surface area contributed by atoms with Crippen LogP contribution < -0.4 is 11.3 Å². The van der Waals surface area contributed by atoms with Crippen molar-refractivity contribution < 1.29 is 13.2 Å². The van der Waals surface area contributed by atoms with Crippen LogP contribution in [0.1, 0.15) is 11.1 Å². The van der Waals surface area contributed by atoms with Crippen molar-refractivity contribution >= 4 is 11.0 Å². The Labute approximate surface area is 134 Å². The molecule has 126 valence electrons. The predicted molar refractivity (Wildman–Crippen MR) is 81.4 cm³/mol. The average Bonchev–Trinajstić information content (AvgIpc) is 2.94. The number of nitrogens with zero attached hydrogens (tertiary/aromatic N) is 4. The lowest BCUT2D eigenvalue weighted by Gasteiger charge is -2.10. The van der Waals surface area contributed by atoms with Crippen molar-refractivity contribution in [1.29, 1.82) is 0 Å². The maximum Gasteiger partial charge on any atom is 0.416 e. The molecule has 6 nitrogen and oxygen atoms in total. The minimum atomic E-state index is -4.42. The summed E-state index contributed by atoms with van der Waals surface area (Å²) in [4.78, 5) is 16.6. The Hall–Kier alpha value is -2.68. The normalized spacial score (nSPS) is 12.0. The van der Waals surface area contributed by atoms with Crippen LogP contribution in [0.5, 0.6) is 0 Å². The van der Waals surface area contributed by atoms with Crippen LogP contribution in [0.2, 0.25) is 0 Å². The Kier molecular flexibility index (Phi) is 4.10. The van der Waals surface area contributed by atoms with Gasteiger partial charge in [0.1, 0.15) is 11.7 Å². The SMILES string of the molecule is NCCn1ncc2c(=O)n(Cc3cccc(C(F)(F)F)c3)cnc21. The first-order chi connectivity index (χ1) is 11.4. The lowest BCUT2D eigenvalue weighted by atomic mass is 10.1. The summed E-state index contributed by atoms with van der Waals surface area (Å²) in [7, 11) is 0. The van der Waals surface area contributed by atoms with Gasteiger partial charge in [0, 0.05) is 6.54 Å². The number of halogens is 3. The van der Waals surface area contributed by atoms with E-state index in [-0.39, 0.29) is 12.1 Å². The molecule has 1 aromatic carbocycles. The van der Waals surface area contributed by atoms with E-state index in [2.05, 4.69) is 10.1 Å². The second-order valence-electron chi connectivity index (χ2n) is 5.27. The number of rotatable bonds is 4. The number of benzene rings is 1. The first-order valence-corrected chi connectivity index (χ1v) is 7.17. The van der Waals surface area contributed by atoms with Gasteiger partial charge in [-0.15, -0.1) is 0 Å². The van der Waals surface area contributed by atoms with E-state index >= 15 is 0 Å². The number of hydrogen-bond acceptors (Lipinski definition) is 4. The van der Waals surface area contributed by atoms with Crippen molar-refractivity contribution in [3.05, 3.63) is 58.3 Å². The molecular weight excluding hydrogens is 323 g/mol. The first-order valence-electron chi connectivity index (χ1n) is 7.17. The molecule has 0 fully saturated rings. The Morgan fingerprint density at radius 1 is 1.25 bits per heavy atom. The number of aromatic nitrogens is 4. The summed E-state index contributed by atoms with van der Waals surface area (Å²) in [5.41, 5.74) is 5.13. The van der Waals surface area contributed by atoms with E-state index in [1.807, 2.05) is 0 Å². The third-order valence-corrected chi connectivity index (χ3v) is 3.57. The number of nitrogens with two attached hydrogens (primary N) is 1. The molecule has 9 heteroatoms. The van der Waals surface area contributed by atoms with Crippen LogP contribution in [0.3, 0.4) is 0 Å². The topological polar surface area (TPSA) is 78.7 Å². The van der Waals surface area contributed by atoms with Gasteiger partial charge in [-0.2, -0.15) is 18.3 Å². The lowest BCUT2D eigenvalue weighted by Crippen LogP contribution is -2.21. The predicted octanol–water partition coefficient (Wildman–Crippen LogP) is 1.62. The summed E-state index contributed by atoms with van der Waals surface area (Å²) in [6, 6.07) is 4.86. The van der Waals surface area contributed by atoms with Crippen LogP contribution in [0.4, 0.5) is 13.2 Å². The molecular formula is C15H14F3N5O. The molecule has 3 rings (SSSR count). The standard InChI is InChI=1S/C15H14F3N5O/c16-15(17,18)11-3-1-2-10(6-11)8-22-9-20-13-12(14(22)24)7-21-23(13)5-4-19/h1-3,6-7,9H,4-5,8,19H2. The third-order valence-electron chi connectivity index (χ3n) is 3.57. The summed E-state index contributed by atoms with van der Waals surface area (Å²) < 4.78 is 41.1. The molecule has 3 aromatic rings. The van der Waals surface area contributed by atoms with E-state index in [1.165, 1.54) is 33.9 Å².